The molecule has 5 heteroatoms. The predicted molar refractivity (Wildman–Crippen MR) is 68.6 cm³/mol. The first kappa shape index (κ1) is 14.2. The van der Waals surface area contributed by atoms with Crippen LogP contribution in [0.2, 0.25) is 0 Å². The average Bonchev–Trinajstić information content (AvgIpc) is 2.41. The van der Waals surface area contributed by atoms with Crippen LogP contribution in [-0.4, -0.2) is 23.3 Å². The van der Waals surface area contributed by atoms with Crippen LogP contribution in [0.3, 0.4) is 0 Å². The summed E-state index contributed by atoms with van der Waals surface area (Å²) < 4.78 is 0. The fraction of sp³-hybridized carbons (Fsp3) is 0.462. The number of carbonyl (C=O) groups excluding carboxylic acids is 2. The Morgan fingerprint density at radius 3 is 2.50 bits per heavy atom. The Bertz CT molecular complexity index is 379. The molecule has 0 aliphatic carbocycles. The molecule has 0 radical (unpaired) electrons. The highest BCUT2D eigenvalue weighted by molar-refractivity contribution is 5.83. The minimum absolute atomic E-state index is 0.0789. The highest BCUT2D eigenvalue weighted by Gasteiger charge is 2.06. The molecule has 2 N–H and O–H groups in total. The van der Waals surface area contributed by atoms with Gasteiger partial charge < -0.3 is 10.6 Å². The number of nitrogens with zero attached hydrogens (tertiary/aromatic N) is 1. The largest absolute Gasteiger partial charge is 0.356 e. The fourth-order valence-electron chi connectivity index (χ4n) is 1.36. The zero-order valence-electron chi connectivity index (χ0n) is 10.6. The summed E-state index contributed by atoms with van der Waals surface area (Å²) in [5.74, 6) is -0.211. The molecule has 5 nitrogen and oxygen atoms in total. The highest BCUT2D eigenvalue weighted by atomic mass is 16.2. The van der Waals surface area contributed by atoms with E-state index in [1.807, 2.05) is 25.1 Å². The number of carbonyl (C=O) groups is 2. The van der Waals surface area contributed by atoms with Crippen molar-refractivity contribution in [2.45, 2.75) is 32.7 Å². The molecule has 0 aliphatic rings. The maximum absolute atomic E-state index is 11.5. The zero-order chi connectivity index (χ0) is 13.2. The maximum Gasteiger partial charge on any atom is 0.220 e. The molecule has 2 amide bonds. The van der Waals surface area contributed by atoms with E-state index in [-0.39, 0.29) is 24.7 Å². The third kappa shape index (κ3) is 5.98. The molecule has 0 saturated heterocycles. The summed E-state index contributed by atoms with van der Waals surface area (Å²) >= 11 is 0. The number of rotatable bonds is 7. The molecule has 0 saturated carbocycles. The van der Waals surface area contributed by atoms with E-state index in [0.717, 1.165) is 12.1 Å². The van der Waals surface area contributed by atoms with Crippen LogP contribution in [-0.2, 0) is 16.1 Å². The van der Waals surface area contributed by atoms with Gasteiger partial charge in [-0.2, -0.15) is 0 Å². The lowest BCUT2D eigenvalue weighted by molar-refractivity contribution is -0.126. The van der Waals surface area contributed by atoms with Gasteiger partial charge in [0.25, 0.3) is 0 Å². The Hall–Kier alpha value is -1.91. The number of amides is 2. The zero-order valence-corrected chi connectivity index (χ0v) is 10.6. The van der Waals surface area contributed by atoms with Gasteiger partial charge in [-0.15, -0.1) is 0 Å². The van der Waals surface area contributed by atoms with E-state index in [1.165, 1.54) is 0 Å². The molecule has 1 heterocycles. The average molecular weight is 249 g/mol. The number of hydrogen-bond donors (Lipinski definition) is 2. The van der Waals surface area contributed by atoms with Crippen LogP contribution >= 0.6 is 0 Å². The van der Waals surface area contributed by atoms with Gasteiger partial charge in [-0.1, -0.05) is 13.0 Å². The van der Waals surface area contributed by atoms with Crippen molar-refractivity contribution < 1.29 is 9.59 Å². The van der Waals surface area contributed by atoms with E-state index in [2.05, 4.69) is 15.6 Å². The summed E-state index contributed by atoms with van der Waals surface area (Å²) in [4.78, 5) is 26.8. The quantitative estimate of drug-likeness (QED) is 0.757. The van der Waals surface area contributed by atoms with Crippen molar-refractivity contribution >= 4 is 11.8 Å². The predicted octanol–water partition coefficient (Wildman–Crippen LogP) is 1.00. The smallest absolute Gasteiger partial charge is 0.220 e. The molecular formula is C13H19N3O2. The highest BCUT2D eigenvalue weighted by Crippen LogP contribution is 1.94. The Morgan fingerprint density at radius 2 is 1.89 bits per heavy atom. The number of aromatic nitrogens is 1. The Labute approximate surface area is 107 Å². The summed E-state index contributed by atoms with van der Waals surface area (Å²) in [6.45, 7) is 3.05. The topological polar surface area (TPSA) is 71.1 Å². The second-order valence-electron chi connectivity index (χ2n) is 3.95. The lowest BCUT2D eigenvalue weighted by Crippen LogP contribution is -2.28. The maximum atomic E-state index is 11.5. The van der Waals surface area contributed by atoms with E-state index in [4.69, 9.17) is 0 Å². The van der Waals surface area contributed by atoms with Crippen molar-refractivity contribution in [3.05, 3.63) is 30.1 Å². The normalized spacial score (nSPS) is 9.83. The second kappa shape index (κ2) is 8.22. The molecule has 1 aromatic rings. The van der Waals surface area contributed by atoms with Gasteiger partial charge in [0.1, 0.15) is 0 Å². The summed E-state index contributed by atoms with van der Waals surface area (Å²) in [5, 5.41) is 5.46. The van der Waals surface area contributed by atoms with Crippen molar-refractivity contribution in [1.82, 2.24) is 15.6 Å². The van der Waals surface area contributed by atoms with Gasteiger partial charge in [0.05, 0.1) is 12.2 Å². The molecule has 0 unspecified atom stereocenters. The van der Waals surface area contributed by atoms with Crippen LogP contribution < -0.4 is 10.6 Å². The van der Waals surface area contributed by atoms with Gasteiger partial charge in [-0.3, -0.25) is 14.6 Å². The van der Waals surface area contributed by atoms with Crippen molar-refractivity contribution in [1.29, 1.82) is 0 Å². The fourth-order valence-corrected chi connectivity index (χ4v) is 1.36. The van der Waals surface area contributed by atoms with Crippen molar-refractivity contribution in [2.24, 2.45) is 0 Å². The Kier molecular flexibility index (Phi) is 6.46. The molecule has 1 aromatic heterocycles. The molecule has 18 heavy (non-hydrogen) atoms. The molecule has 0 fully saturated rings. The third-order valence-corrected chi connectivity index (χ3v) is 2.34. The van der Waals surface area contributed by atoms with Crippen LogP contribution in [0.1, 0.15) is 31.9 Å². The molecule has 1 rings (SSSR count). The standard InChI is InChI=1S/C13H19N3O2/c1-2-8-15-12(17)6-7-13(18)16-10-11-5-3-4-9-14-11/h3-5,9H,2,6-8,10H2,1H3,(H,15,17)(H,16,18). The Balaban J connectivity index is 2.16. The molecule has 0 spiro atoms. The lowest BCUT2D eigenvalue weighted by Gasteiger charge is -2.05. The number of nitrogens with one attached hydrogen (secondary N) is 2. The van der Waals surface area contributed by atoms with Crippen molar-refractivity contribution in [2.75, 3.05) is 6.54 Å². The Morgan fingerprint density at radius 1 is 1.17 bits per heavy atom. The molecule has 0 bridgehead atoms. The minimum Gasteiger partial charge on any atom is -0.356 e. The summed E-state index contributed by atoms with van der Waals surface area (Å²) in [6, 6.07) is 5.53. The summed E-state index contributed by atoms with van der Waals surface area (Å²) in [5.41, 5.74) is 0.807. The van der Waals surface area contributed by atoms with Crippen molar-refractivity contribution in [3.8, 4) is 0 Å². The minimum atomic E-state index is -0.132. The number of pyridine rings is 1. The summed E-state index contributed by atoms with van der Waals surface area (Å²) in [7, 11) is 0. The van der Waals surface area contributed by atoms with Crippen LogP contribution in [0, 0.1) is 0 Å². The van der Waals surface area contributed by atoms with Gasteiger partial charge in [0, 0.05) is 25.6 Å². The lowest BCUT2D eigenvalue weighted by atomic mass is 10.2. The van der Waals surface area contributed by atoms with Crippen molar-refractivity contribution in [3.63, 3.8) is 0 Å². The van der Waals surface area contributed by atoms with E-state index in [1.54, 1.807) is 6.20 Å². The van der Waals surface area contributed by atoms with Crippen LogP contribution in [0.4, 0.5) is 0 Å². The van der Waals surface area contributed by atoms with Gasteiger partial charge in [-0.25, -0.2) is 0 Å². The first-order valence-electron chi connectivity index (χ1n) is 6.15. The monoisotopic (exact) mass is 249 g/mol. The molecule has 0 aliphatic heterocycles. The molecular weight excluding hydrogens is 230 g/mol. The SMILES string of the molecule is CCCNC(=O)CCC(=O)NCc1ccccn1. The summed E-state index contributed by atoms with van der Waals surface area (Å²) in [6.07, 6.45) is 3.02. The van der Waals surface area contributed by atoms with Gasteiger partial charge in [0.15, 0.2) is 0 Å². The second-order valence-corrected chi connectivity index (χ2v) is 3.95. The van der Waals surface area contributed by atoms with E-state index in [9.17, 15) is 9.59 Å². The van der Waals surface area contributed by atoms with Crippen LogP contribution in [0.25, 0.3) is 0 Å². The molecule has 0 atom stereocenters. The number of hydrogen-bond acceptors (Lipinski definition) is 3. The van der Waals surface area contributed by atoms with E-state index >= 15 is 0 Å². The van der Waals surface area contributed by atoms with E-state index < -0.39 is 0 Å². The van der Waals surface area contributed by atoms with Crippen LogP contribution in [0.15, 0.2) is 24.4 Å². The third-order valence-electron chi connectivity index (χ3n) is 2.34. The first-order chi connectivity index (χ1) is 8.72. The molecule has 0 aromatic carbocycles. The van der Waals surface area contributed by atoms with Gasteiger partial charge in [-0.05, 0) is 18.6 Å². The van der Waals surface area contributed by atoms with Gasteiger partial charge in [0.2, 0.25) is 11.8 Å². The van der Waals surface area contributed by atoms with Gasteiger partial charge >= 0.3 is 0 Å². The van der Waals surface area contributed by atoms with E-state index in [0.29, 0.717) is 13.1 Å². The molecule has 98 valence electrons. The van der Waals surface area contributed by atoms with Crippen LogP contribution in [0.5, 0.6) is 0 Å². The first-order valence-corrected chi connectivity index (χ1v) is 6.15.